The van der Waals surface area contributed by atoms with Gasteiger partial charge < -0.3 is 10.2 Å². The molecule has 25 heavy (non-hydrogen) atoms. The molecule has 0 bridgehead atoms. The minimum Gasteiger partial charge on any atom is -0.481 e. The molecule has 0 aromatic rings. The average molecular weight is 352 g/mol. The third kappa shape index (κ3) is 8.43. The molecule has 0 saturated heterocycles. The van der Waals surface area contributed by atoms with Crippen LogP contribution in [0.5, 0.6) is 0 Å². The molecular formula is C20H32O5. The number of aliphatic hydroxyl groups excluding tert-OH is 1. The molecule has 1 aliphatic rings. The van der Waals surface area contributed by atoms with Crippen LogP contribution in [0.25, 0.3) is 0 Å². The van der Waals surface area contributed by atoms with Gasteiger partial charge in [0.15, 0.2) is 5.78 Å². The van der Waals surface area contributed by atoms with Gasteiger partial charge in [-0.3, -0.25) is 14.4 Å². The molecule has 0 aliphatic heterocycles. The van der Waals surface area contributed by atoms with Crippen molar-refractivity contribution in [1.82, 2.24) is 0 Å². The van der Waals surface area contributed by atoms with Crippen LogP contribution in [0.2, 0.25) is 0 Å². The zero-order valence-electron chi connectivity index (χ0n) is 15.3. The first-order valence-electron chi connectivity index (χ1n) is 9.59. The second-order valence-electron chi connectivity index (χ2n) is 7.05. The highest BCUT2D eigenvalue weighted by molar-refractivity contribution is 5.90. The Balaban J connectivity index is 2.40. The predicted octanol–water partition coefficient (Wildman–Crippen LogP) is 3.68. The second kappa shape index (κ2) is 12.0. The fourth-order valence-electron chi connectivity index (χ4n) is 3.44. The van der Waals surface area contributed by atoms with Crippen molar-refractivity contribution >= 4 is 17.5 Å². The molecule has 5 heteroatoms. The number of aliphatic carboxylic acids is 1. The van der Waals surface area contributed by atoms with Crippen molar-refractivity contribution in [2.75, 3.05) is 0 Å². The van der Waals surface area contributed by atoms with E-state index in [2.05, 4.69) is 6.92 Å². The van der Waals surface area contributed by atoms with E-state index in [0.29, 0.717) is 19.3 Å². The van der Waals surface area contributed by atoms with Crippen molar-refractivity contribution in [1.29, 1.82) is 0 Å². The maximum atomic E-state index is 12.1. The first-order chi connectivity index (χ1) is 12.0. The van der Waals surface area contributed by atoms with Gasteiger partial charge in [0.2, 0.25) is 0 Å². The Morgan fingerprint density at radius 3 is 2.44 bits per heavy atom. The van der Waals surface area contributed by atoms with Gasteiger partial charge in [-0.25, -0.2) is 0 Å². The molecule has 5 nitrogen and oxygen atoms in total. The molecule has 0 aromatic carbocycles. The summed E-state index contributed by atoms with van der Waals surface area (Å²) in [5.74, 6) is -1.11. The van der Waals surface area contributed by atoms with E-state index >= 15 is 0 Å². The lowest BCUT2D eigenvalue weighted by molar-refractivity contribution is -0.137. The first-order valence-corrected chi connectivity index (χ1v) is 9.59. The average Bonchev–Trinajstić information content (AvgIpc) is 2.82. The minimum absolute atomic E-state index is 0.0624. The Morgan fingerprint density at radius 2 is 1.76 bits per heavy atom. The van der Waals surface area contributed by atoms with Gasteiger partial charge >= 0.3 is 5.97 Å². The number of carboxylic acid groups (broad SMARTS) is 1. The number of rotatable bonds is 13. The van der Waals surface area contributed by atoms with E-state index in [4.69, 9.17) is 5.11 Å². The molecule has 0 radical (unpaired) electrons. The van der Waals surface area contributed by atoms with Crippen molar-refractivity contribution in [2.45, 2.75) is 83.7 Å². The molecule has 1 fully saturated rings. The summed E-state index contributed by atoms with van der Waals surface area (Å²) in [7, 11) is 0. The van der Waals surface area contributed by atoms with Gasteiger partial charge in [-0.05, 0) is 25.3 Å². The van der Waals surface area contributed by atoms with Gasteiger partial charge in [0.1, 0.15) is 5.78 Å². The summed E-state index contributed by atoms with van der Waals surface area (Å²) >= 11 is 0. The molecular weight excluding hydrogens is 320 g/mol. The van der Waals surface area contributed by atoms with E-state index in [1.54, 1.807) is 12.2 Å². The van der Waals surface area contributed by atoms with Crippen LogP contribution < -0.4 is 0 Å². The third-order valence-corrected chi connectivity index (χ3v) is 4.92. The van der Waals surface area contributed by atoms with Crippen molar-refractivity contribution < 1.29 is 24.6 Å². The maximum absolute atomic E-state index is 12.1. The first kappa shape index (κ1) is 21.6. The van der Waals surface area contributed by atoms with Crippen molar-refractivity contribution in [3.63, 3.8) is 0 Å². The summed E-state index contributed by atoms with van der Waals surface area (Å²) in [5, 5.41) is 18.7. The van der Waals surface area contributed by atoms with E-state index in [1.807, 2.05) is 0 Å². The van der Waals surface area contributed by atoms with Crippen LogP contribution >= 0.6 is 0 Å². The summed E-state index contributed by atoms with van der Waals surface area (Å²) < 4.78 is 0. The molecule has 3 atom stereocenters. The van der Waals surface area contributed by atoms with Gasteiger partial charge in [0.25, 0.3) is 0 Å². The molecule has 1 rings (SSSR count). The van der Waals surface area contributed by atoms with Gasteiger partial charge in [0, 0.05) is 31.1 Å². The third-order valence-electron chi connectivity index (χ3n) is 4.92. The largest absolute Gasteiger partial charge is 0.481 e. The zero-order valence-corrected chi connectivity index (χ0v) is 15.3. The molecule has 0 aromatic heterocycles. The smallest absolute Gasteiger partial charge is 0.303 e. The monoisotopic (exact) mass is 352 g/mol. The number of unbranched alkanes of at least 4 members (excludes halogenated alkanes) is 5. The normalized spacial score (nSPS) is 23.4. The van der Waals surface area contributed by atoms with Gasteiger partial charge in [-0.2, -0.15) is 0 Å². The number of hydrogen-bond donors (Lipinski definition) is 2. The van der Waals surface area contributed by atoms with E-state index < -0.39 is 12.1 Å². The van der Waals surface area contributed by atoms with Crippen molar-refractivity contribution in [3.05, 3.63) is 12.2 Å². The number of Topliss-reactive ketones (excluding diaryl/α,β-unsaturated/α-hetero) is 1. The molecule has 0 spiro atoms. The Labute approximate surface area is 150 Å². The zero-order chi connectivity index (χ0) is 18.7. The Morgan fingerprint density at radius 1 is 1.08 bits per heavy atom. The Kier molecular flexibility index (Phi) is 10.3. The topological polar surface area (TPSA) is 91.7 Å². The lowest BCUT2D eigenvalue weighted by Gasteiger charge is -2.17. The van der Waals surface area contributed by atoms with Crippen LogP contribution in [0.15, 0.2) is 12.2 Å². The van der Waals surface area contributed by atoms with Crippen LogP contribution in [0, 0.1) is 11.8 Å². The van der Waals surface area contributed by atoms with Gasteiger partial charge in [0.05, 0.1) is 6.10 Å². The SMILES string of the molecule is CCCCCC(=O)/C=C/[C@@H]1C(CCCCCCC(=O)O)C(=O)C[C@H]1O. The lowest BCUT2D eigenvalue weighted by Crippen LogP contribution is -2.19. The number of carbonyl (C=O) groups excluding carboxylic acids is 2. The molecule has 0 amide bonds. The number of ketones is 2. The number of carboxylic acids is 1. The number of allylic oxidation sites excluding steroid dienone is 1. The highest BCUT2D eigenvalue weighted by Gasteiger charge is 2.39. The summed E-state index contributed by atoms with van der Waals surface area (Å²) in [6, 6.07) is 0. The number of carbonyl (C=O) groups is 3. The molecule has 142 valence electrons. The molecule has 2 N–H and O–H groups in total. The summed E-state index contributed by atoms with van der Waals surface area (Å²) in [6.45, 7) is 2.09. The standard InChI is InChI=1S/C20H32O5/c1-2-3-6-9-15(21)12-13-17-16(18(22)14-19(17)23)10-7-4-5-8-11-20(24)25/h12-13,16-17,19,23H,2-11,14H2,1H3,(H,24,25)/b13-12+/t16?,17-,19-/m1/s1. The quantitative estimate of drug-likeness (QED) is 0.390. The summed E-state index contributed by atoms with van der Waals surface area (Å²) in [5.41, 5.74) is 0. The molecule has 1 unspecified atom stereocenters. The van der Waals surface area contributed by atoms with Crippen LogP contribution in [-0.2, 0) is 14.4 Å². The fraction of sp³-hybridized carbons (Fsp3) is 0.750. The maximum Gasteiger partial charge on any atom is 0.303 e. The fourth-order valence-corrected chi connectivity index (χ4v) is 3.44. The highest BCUT2D eigenvalue weighted by Crippen LogP contribution is 2.34. The number of aliphatic hydroxyl groups is 1. The van der Waals surface area contributed by atoms with Crippen LogP contribution in [0.3, 0.4) is 0 Å². The van der Waals surface area contributed by atoms with Crippen LogP contribution in [0.1, 0.15) is 77.6 Å². The van der Waals surface area contributed by atoms with Crippen LogP contribution in [-0.4, -0.2) is 33.9 Å². The minimum atomic E-state index is -0.775. The molecule has 1 saturated carbocycles. The Bertz CT molecular complexity index is 469. The van der Waals surface area contributed by atoms with Crippen molar-refractivity contribution in [2.24, 2.45) is 11.8 Å². The van der Waals surface area contributed by atoms with E-state index in [9.17, 15) is 19.5 Å². The summed E-state index contributed by atoms with van der Waals surface area (Å²) in [6.07, 6.45) is 10.4. The van der Waals surface area contributed by atoms with E-state index in [-0.39, 0.29) is 36.2 Å². The molecule has 1 aliphatic carbocycles. The van der Waals surface area contributed by atoms with Gasteiger partial charge in [-0.1, -0.05) is 45.1 Å². The Hall–Kier alpha value is -1.49. The van der Waals surface area contributed by atoms with E-state index in [0.717, 1.165) is 38.5 Å². The predicted molar refractivity (Wildman–Crippen MR) is 96.2 cm³/mol. The van der Waals surface area contributed by atoms with Crippen LogP contribution in [0.4, 0.5) is 0 Å². The second-order valence-corrected chi connectivity index (χ2v) is 7.05. The van der Waals surface area contributed by atoms with Crippen molar-refractivity contribution in [3.8, 4) is 0 Å². The molecule has 0 heterocycles. The summed E-state index contributed by atoms with van der Waals surface area (Å²) in [4.78, 5) is 34.4. The van der Waals surface area contributed by atoms with E-state index in [1.165, 1.54) is 0 Å². The number of hydrogen-bond acceptors (Lipinski definition) is 4. The van der Waals surface area contributed by atoms with Gasteiger partial charge in [-0.15, -0.1) is 0 Å². The lowest BCUT2D eigenvalue weighted by atomic mass is 9.88. The highest BCUT2D eigenvalue weighted by atomic mass is 16.4.